The molecule has 2 atom stereocenters. The van der Waals surface area contributed by atoms with Gasteiger partial charge in [-0.3, -0.25) is 10.1 Å². The van der Waals surface area contributed by atoms with Gasteiger partial charge in [-0.2, -0.15) is 0 Å². The zero-order valence-corrected chi connectivity index (χ0v) is 12.1. The molecule has 1 saturated carbocycles. The zero-order chi connectivity index (χ0) is 13.0. The molecule has 1 heterocycles. The molecule has 1 aliphatic carbocycles. The van der Waals surface area contributed by atoms with Crippen molar-refractivity contribution < 1.29 is 4.79 Å². The SMILES string of the molecule is C[C@@H]1CCCC[C@H]1NC(=S)NC(=O)c1cccs1. The highest BCUT2D eigenvalue weighted by Gasteiger charge is 2.22. The van der Waals surface area contributed by atoms with E-state index in [-0.39, 0.29) is 5.91 Å². The van der Waals surface area contributed by atoms with Crippen LogP contribution in [0.4, 0.5) is 0 Å². The quantitative estimate of drug-likeness (QED) is 0.820. The molecule has 1 aromatic heterocycles. The largest absolute Gasteiger partial charge is 0.359 e. The molecule has 1 aromatic rings. The Morgan fingerprint density at radius 3 is 2.89 bits per heavy atom. The first kappa shape index (κ1) is 13.5. The van der Waals surface area contributed by atoms with Crippen LogP contribution < -0.4 is 10.6 Å². The lowest BCUT2D eigenvalue weighted by atomic mass is 9.86. The van der Waals surface area contributed by atoms with E-state index in [2.05, 4.69) is 17.6 Å². The zero-order valence-electron chi connectivity index (χ0n) is 10.4. The molecule has 0 spiro atoms. The lowest BCUT2D eigenvalue weighted by molar-refractivity contribution is 0.0980. The van der Waals surface area contributed by atoms with Gasteiger partial charge in [0.1, 0.15) is 0 Å². The van der Waals surface area contributed by atoms with Gasteiger partial charge in [-0.25, -0.2) is 0 Å². The van der Waals surface area contributed by atoms with Crippen molar-refractivity contribution in [2.75, 3.05) is 0 Å². The van der Waals surface area contributed by atoms with Crippen molar-refractivity contribution in [2.24, 2.45) is 5.92 Å². The number of thiophene rings is 1. The van der Waals surface area contributed by atoms with Crippen molar-refractivity contribution in [3.05, 3.63) is 22.4 Å². The molecule has 0 aliphatic heterocycles. The molecule has 0 aromatic carbocycles. The van der Waals surface area contributed by atoms with E-state index in [0.29, 0.717) is 21.9 Å². The van der Waals surface area contributed by atoms with Gasteiger partial charge in [0.15, 0.2) is 5.11 Å². The van der Waals surface area contributed by atoms with Crippen LogP contribution in [-0.4, -0.2) is 17.1 Å². The summed E-state index contributed by atoms with van der Waals surface area (Å²) in [5.74, 6) is 0.501. The Kier molecular flexibility index (Phi) is 4.72. The van der Waals surface area contributed by atoms with Gasteiger partial charge in [-0.05, 0) is 42.4 Å². The van der Waals surface area contributed by atoms with E-state index in [9.17, 15) is 4.79 Å². The summed E-state index contributed by atoms with van der Waals surface area (Å²) in [7, 11) is 0. The fourth-order valence-corrected chi connectivity index (χ4v) is 3.17. The summed E-state index contributed by atoms with van der Waals surface area (Å²) in [6, 6.07) is 4.06. The molecule has 18 heavy (non-hydrogen) atoms. The van der Waals surface area contributed by atoms with Crippen LogP contribution in [-0.2, 0) is 0 Å². The van der Waals surface area contributed by atoms with Crippen molar-refractivity contribution in [1.82, 2.24) is 10.6 Å². The highest BCUT2D eigenvalue weighted by Crippen LogP contribution is 2.23. The lowest BCUT2D eigenvalue weighted by Gasteiger charge is -2.30. The summed E-state index contributed by atoms with van der Waals surface area (Å²) < 4.78 is 0. The number of carbonyl (C=O) groups excluding carboxylic acids is 1. The standard InChI is InChI=1S/C13H18N2OS2/c1-9-5-2-3-6-10(9)14-13(17)15-12(16)11-7-4-8-18-11/h4,7-10H,2-3,5-6H2,1H3,(H2,14,15,16,17)/t9-,10-/m1/s1. The van der Waals surface area contributed by atoms with Crippen LogP contribution in [0.1, 0.15) is 42.3 Å². The van der Waals surface area contributed by atoms with Gasteiger partial charge in [0.05, 0.1) is 4.88 Å². The second kappa shape index (κ2) is 6.29. The van der Waals surface area contributed by atoms with Gasteiger partial charge in [0.25, 0.3) is 5.91 Å². The number of nitrogens with one attached hydrogen (secondary N) is 2. The van der Waals surface area contributed by atoms with Gasteiger partial charge in [0.2, 0.25) is 0 Å². The highest BCUT2D eigenvalue weighted by molar-refractivity contribution is 7.80. The fraction of sp³-hybridized carbons (Fsp3) is 0.538. The molecule has 0 bridgehead atoms. The maximum atomic E-state index is 11.8. The molecule has 1 fully saturated rings. The van der Waals surface area contributed by atoms with Gasteiger partial charge in [-0.15, -0.1) is 11.3 Å². The van der Waals surface area contributed by atoms with Crippen LogP contribution in [0.3, 0.4) is 0 Å². The number of carbonyl (C=O) groups is 1. The predicted molar refractivity (Wildman–Crippen MR) is 78.9 cm³/mol. The molecule has 3 nitrogen and oxygen atoms in total. The van der Waals surface area contributed by atoms with Crippen molar-refractivity contribution in [1.29, 1.82) is 0 Å². The molecule has 2 rings (SSSR count). The minimum Gasteiger partial charge on any atom is -0.359 e. The maximum Gasteiger partial charge on any atom is 0.267 e. The Morgan fingerprint density at radius 1 is 1.44 bits per heavy atom. The first-order valence-corrected chi connectivity index (χ1v) is 7.61. The van der Waals surface area contributed by atoms with Crippen molar-refractivity contribution in [3.8, 4) is 0 Å². The van der Waals surface area contributed by atoms with Crippen molar-refractivity contribution in [2.45, 2.75) is 38.6 Å². The van der Waals surface area contributed by atoms with Crippen LogP contribution in [0, 0.1) is 5.92 Å². The second-order valence-electron chi connectivity index (χ2n) is 4.77. The molecule has 5 heteroatoms. The maximum absolute atomic E-state index is 11.8. The second-order valence-corrected chi connectivity index (χ2v) is 6.13. The third kappa shape index (κ3) is 3.53. The molecule has 98 valence electrons. The summed E-state index contributed by atoms with van der Waals surface area (Å²) in [5, 5.41) is 8.34. The number of thiocarbonyl (C=S) groups is 1. The summed E-state index contributed by atoms with van der Waals surface area (Å²) in [6.45, 7) is 2.24. The lowest BCUT2D eigenvalue weighted by Crippen LogP contribution is -2.47. The Bertz CT molecular complexity index is 417. The van der Waals surface area contributed by atoms with Crippen LogP contribution in [0.15, 0.2) is 17.5 Å². The normalized spacial score (nSPS) is 23.4. The van der Waals surface area contributed by atoms with Gasteiger partial charge in [0, 0.05) is 6.04 Å². The van der Waals surface area contributed by atoms with E-state index in [0.717, 1.165) is 6.42 Å². The van der Waals surface area contributed by atoms with E-state index in [1.165, 1.54) is 30.6 Å². The molecule has 0 radical (unpaired) electrons. The minimum atomic E-state index is -0.119. The van der Waals surface area contributed by atoms with Gasteiger partial charge in [-0.1, -0.05) is 25.8 Å². The predicted octanol–water partition coefficient (Wildman–Crippen LogP) is 2.93. The summed E-state index contributed by atoms with van der Waals surface area (Å²) in [5.41, 5.74) is 0. The Hall–Kier alpha value is -0.940. The molecule has 2 N–H and O–H groups in total. The molecule has 1 amide bonds. The van der Waals surface area contributed by atoms with E-state index in [1.807, 2.05) is 11.4 Å². The topological polar surface area (TPSA) is 41.1 Å². The van der Waals surface area contributed by atoms with Crippen LogP contribution in [0.5, 0.6) is 0 Å². The van der Waals surface area contributed by atoms with Crippen molar-refractivity contribution >= 4 is 34.6 Å². The van der Waals surface area contributed by atoms with E-state index >= 15 is 0 Å². The summed E-state index contributed by atoms with van der Waals surface area (Å²) in [6.07, 6.45) is 4.91. The number of rotatable bonds is 2. The van der Waals surface area contributed by atoms with Crippen LogP contribution >= 0.6 is 23.6 Å². The van der Waals surface area contributed by atoms with Crippen LogP contribution in [0.2, 0.25) is 0 Å². The third-order valence-corrected chi connectivity index (χ3v) is 4.49. The van der Waals surface area contributed by atoms with E-state index in [1.54, 1.807) is 6.07 Å². The molecule has 1 aliphatic rings. The number of hydrogen-bond donors (Lipinski definition) is 2. The Balaban J connectivity index is 1.83. The third-order valence-electron chi connectivity index (χ3n) is 3.40. The fourth-order valence-electron chi connectivity index (χ4n) is 2.31. The van der Waals surface area contributed by atoms with E-state index < -0.39 is 0 Å². The number of hydrogen-bond acceptors (Lipinski definition) is 3. The van der Waals surface area contributed by atoms with Crippen LogP contribution in [0.25, 0.3) is 0 Å². The van der Waals surface area contributed by atoms with Gasteiger partial charge >= 0.3 is 0 Å². The summed E-state index contributed by atoms with van der Waals surface area (Å²) in [4.78, 5) is 12.5. The molecule has 0 saturated heterocycles. The Labute approximate surface area is 117 Å². The average molecular weight is 282 g/mol. The summed E-state index contributed by atoms with van der Waals surface area (Å²) >= 11 is 6.62. The minimum absolute atomic E-state index is 0.119. The molecular formula is C13H18N2OS2. The molecular weight excluding hydrogens is 264 g/mol. The first-order chi connectivity index (χ1) is 8.66. The Morgan fingerprint density at radius 2 is 2.22 bits per heavy atom. The number of amides is 1. The van der Waals surface area contributed by atoms with Crippen molar-refractivity contribution in [3.63, 3.8) is 0 Å². The highest BCUT2D eigenvalue weighted by atomic mass is 32.1. The monoisotopic (exact) mass is 282 g/mol. The van der Waals surface area contributed by atoms with E-state index in [4.69, 9.17) is 12.2 Å². The first-order valence-electron chi connectivity index (χ1n) is 6.32. The average Bonchev–Trinajstić information content (AvgIpc) is 2.85. The molecule has 0 unspecified atom stereocenters. The van der Waals surface area contributed by atoms with Gasteiger partial charge < -0.3 is 5.32 Å². The smallest absolute Gasteiger partial charge is 0.267 e.